The average Bonchev–Trinajstić information content (AvgIpc) is 3.73. The van der Waals surface area contributed by atoms with Gasteiger partial charge in [-0.25, -0.2) is 17.2 Å². The molecule has 7 rings (SSSR count). The van der Waals surface area contributed by atoms with E-state index >= 15 is 0 Å². The number of rotatable bonds is 11. The number of aryl methyl sites for hydroxylation is 3. The molecule has 3 aliphatic rings. The van der Waals surface area contributed by atoms with Gasteiger partial charge >= 0.3 is 5.97 Å². The van der Waals surface area contributed by atoms with Crippen molar-refractivity contribution in [3.05, 3.63) is 69.9 Å². The van der Waals surface area contributed by atoms with Crippen molar-refractivity contribution in [2.75, 3.05) is 32.8 Å². The fourth-order valence-electron chi connectivity index (χ4n) is 7.46. The third-order valence-corrected chi connectivity index (χ3v) is 12.7. The zero-order valence-electron chi connectivity index (χ0n) is 30.6. The first-order valence-corrected chi connectivity index (χ1v) is 19.4. The van der Waals surface area contributed by atoms with Crippen LogP contribution in [0.5, 0.6) is 11.8 Å². The zero-order valence-corrected chi connectivity index (χ0v) is 31.4. The molecule has 1 unspecified atom stereocenters. The van der Waals surface area contributed by atoms with E-state index in [1.54, 1.807) is 52.1 Å². The highest BCUT2D eigenvalue weighted by Crippen LogP contribution is 2.48. The fourth-order valence-corrected chi connectivity index (χ4v) is 9.08. The molecular weight excluding hydrogens is 709 g/mol. The number of nitrogens with zero attached hydrogens (tertiary/aromatic N) is 7. The summed E-state index contributed by atoms with van der Waals surface area (Å²) in [4.78, 5) is 24.4. The van der Waals surface area contributed by atoms with Crippen molar-refractivity contribution in [1.82, 2.24) is 33.8 Å². The van der Waals surface area contributed by atoms with Gasteiger partial charge in [0, 0.05) is 42.7 Å². The number of carbonyl (C=O) groups is 1. The van der Waals surface area contributed by atoms with E-state index in [1.807, 2.05) is 6.92 Å². The Labute approximate surface area is 307 Å². The zero-order chi connectivity index (χ0) is 37.9. The van der Waals surface area contributed by atoms with Crippen LogP contribution in [0.2, 0.25) is 0 Å². The molecule has 1 saturated heterocycles. The van der Waals surface area contributed by atoms with Gasteiger partial charge in [-0.1, -0.05) is 6.42 Å². The van der Waals surface area contributed by atoms with Crippen LogP contribution in [0, 0.1) is 26.2 Å². The number of sulfonamides is 1. The van der Waals surface area contributed by atoms with E-state index in [2.05, 4.69) is 25.1 Å². The number of piperidine rings is 1. The average molecular weight is 754 g/mol. The summed E-state index contributed by atoms with van der Waals surface area (Å²) in [6.45, 7) is 11.8. The first-order valence-electron chi connectivity index (χ1n) is 18.0. The minimum atomic E-state index is -4.12. The summed E-state index contributed by atoms with van der Waals surface area (Å²) in [6, 6.07) is 4.91. The quantitative estimate of drug-likeness (QED) is 0.204. The molecule has 0 aromatic carbocycles. The van der Waals surface area contributed by atoms with Gasteiger partial charge < -0.3 is 14.6 Å². The predicted octanol–water partition coefficient (Wildman–Crippen LogP) is 5.61. The minimum absolute atomic E-state index is 0.0263. The number of likely N-dealkylation sites (tertiary alicyclic amines) is 1. The van der Waals surface area contributed by atoms with Crippen LogP contribution >= 0.6 is 0 Å². The van der Waals surface area contributed by atoms with Crippen LogP contribution in [0.3, 0.4) is 0 Å². The van der Waals surface area contributed by atoms with Crippen molar-refractivity contribution in [3.63, 3.8) is 0 Å². The van der Waals surface area contributed by atoms with Gasteiger partial charge in [0.05, 0.1) is 12.0 Å². The van der Waals surface area contributed by atoms with Gasteiger partial charge in [-0.05, 0) is 114 Å². The lowest BCUT2D eigenvalue weighted by Gasteiger charge is -2.32. The first kappa shape index (κ1) is 37.1. The minimum Gasteiger partial charge on any atom is -0.481 e. The number of carboxylic acids is 1. The number of hydrogen-bond donors (Lipinski definition) is 1. The number of halogens is 2. The van der Waals surface area contributed by atoms with E-state index in [-0.39, 0.29) is 29.5 Å². The standard InChI is InChI=1S/C37H45F2N7O6S/c1-22-17-28-34(41-33(22)51-16-15-44-12-7-6-8-13-44)52-37(10-11-37)21-45(53(28,49)50)20-25-18-27(40-19-23(25)2)29(36(4,5)35(47)48)26-9-14-46-31(24(26)3)42-43-32(46)30(38)39/h9,14,17-19,29-30H,6-8,10-13,15-16,20-21H2,1-5H3,(H,47,48). The maximum atomic E-state index is 14.4. The van der Waals surface area contributed by atoms with Crippen molar-refractivity contribution in [3.8, 4) is 11.8 Å². The van der Waals surface area contributed by atoms with Crippen LogP contribution in [0.1, 0.15) is 97.6 Å². The topological polar surface area (TPSA) is 152 Å². The Morgan fingerprint density at radius 3 is 2.51 bits per heavy atom. The SMILES string of the molecule is Cc1cnc(C(c2ccn3c(C(F)F)nnc3c2C)C(C)(C)C(=O)O)cc1CN1CC2(CC2)Oc2nc(OCCN3CCCCC3)c(C)cc2S1(=O)=O. The molecule has 16 heteroatoms. The molecule has 1 spiro atoms. The number of aliphatic carboxylic acids is 1. The van der Waals surface area contributed by atoms with Crippen molar-refractivity contribution >= 4 is 21.6 Å². The molecule has 0 amide bonds. The molecule has 2 aliphatic heterocycles. The number of ether oxygens (including phenoxy) is 2. The molecule has 1 N–H and O–H groups in total. The Bertz CT molecular complexity index is 2170. The van der Waals surface area contributed by atoms with E-state index in [1.165, 1.54) is 34.2 Å². The lowest BCUT2D eigenvalue weighted by molar-refractivity contribution is -0.147. The number of fused-ring (bicyclic) bond motifs is 2. The van der Waals surface area contributed by atoms with Gasteiger partial charge in [-0.3, -0.25) is 19.1 Å². The summed E-state index contributed by atoms with van der Waals surface area (Å²) < 4.78 is 71.2. The highest BCUT2D eigenvalue weighted by Gasteiger charge is 2.53. The number of aromatic nitrogens is 5. The Morgan fingerprint density at radius 2 is 1.83 bits per heavy atom. The Morgan fingerprint density at radius 1 is 1.09 bits per heavy atom. The van der Waals surface area contributed by atoms with E-state index in [9.17, 15) is 27.1 Å². The molecule has 6 heterocycles. The second-order valence-electron chi connectivity index (χ2n) is 15.2. The van der Waals surface area contributed by atoms with E-state index < -0.39 is 45.2 Å². The monoisotopic (exact) mass is 753 g/mol. The molecule has 2 fully saturated rings. The summed E-state index contributed by atoms with van der Waals surface area (Å²) in [5.74, 6) is -2.09. The van der Waals surface area contributed by atoms with Gasteiger partial charge in [0.1, 0.15) is 17.1 Å². The summed E-state index contributed by atoms with van der Waals surface area (Å²) in [5, 5.41) is 18.1. The molecule has 1 aliphatic carbocycles. The second kappa shape index (κ2) is 13.9. The highest BCUT2D eigenvalue weighted by molar-refractivity contribution is 7.89. The molecule has 284 valence electrons. The van der Waals surface area contributed by atoms with Gasteiger partial charge in [0.25, 0.3) is 6.43 Å². The van der Waals surface area contributed by atoms with Crippen molar-refractivity contribution in [2.24, 2.45) is 5.41 Å². The second-order valence-corrected chi connectivity index (χ2v) is 17.1. The van der Waals surface area contributed by atoms with Crippen LogP contribution in [0.4, 0.5) is 8.78 Å². The molecule has 1 saturated carbocycles. The summed E-state index contributed by atoms with van der Waals surface area (Å²) in [7, 11) is -4.12. The largest absolute Gasteiger partial charge is 0.481 e. The summed E-state index contributed by atoms with van der Waals surface area (Å²) in [6.07, 6.45) is 5.08. The van der Waals surface area contributed by atoms with Crippen LogP contribution in [0.15, 0.2) is 35.5 Å². The third-order valence-electron chi connectivity index (χ3n) is 10.9. The normalized spacial score (nSPS) is 19.2. The van der Waals surface area contributed by atoms with E-state index in [0.29, 0.717) is 58.8 Å². The number of carboxylic acid groups (broad SMARTS) is 1. The van der Waals surface area contributed by atoms with Crippen LogP contribution in [-0.4, -0.2) is 91.7 Å². The smallest absolute Gasteiger partial charge is 0.310 e. The highest BCUT2D eigenvalue weighted by atomic mass is 32.2. The molecule has 13 nitrogen and oxygen atoms in total. The first-order chi connectivity index (χ1) is 25.1. The molecule has 0 radical (unpaired) electrons. The molecule has 0 bridgehead atoms. The lowest BCUT2D eigenvalue weighted by atomic mass is 9.71. The maximum Gasteiger partial charge on any atom is 0.310 e. The number of alkyl halides is 2. The van der Waals surface area contributed by atoms with Crippen molar-refractivity contribution < 1.29 is 36.6 Å². The predicted molar refractivity (Wildman–Crippen MR) is 190 cm³/mol. The van der Waals surface area contributed by atoms with Crippen LogP contribution < -0.4 is 9.47 Å². The molecule has 4 aromatic heterocycles. The Kier molecular flexibility index (Phi) is 9.68. The maximum absolute atomic E-state index is 14.4. The summed E-state index contributed by atoms with van der Waals surface area (Å²) in [5.41, 5.74) is 1.34. The van der Waals surface area contributed by atoms with Gasteiger partial charge in [0.15, 0.2) is 5.65 Å². The molecular formula is C37H45F2N7O6S. The Balaban J connectivity index is 1.22. The molecule has 4 aromatic rings. The van der Waals surface area contributed by atoms with Gasteiger partial charge in [-0.15, -0.1) is 10.2 Å². The van der Waals surface area contributed by atoms with Gasteiger partial charge in [0.2, 0.25) is 27.6 Å². The van der Waals surface area contributed by atoms with Crippen molar-refractivity contribution in [2.45, 2.75) is 96.1 Å². The summed E-state index contributed by atoms with van der Waals surface area (Å²) >= 11 is 0. The Hall–Kier alpha value is -4.28. The third kappa shape index (κ3) is 6.96. The van der Waals surface area contributed by atoms with E-state index in [4.69, 9.17) is 9.47 Å². The molecule has 53 heavy (non-hydrogen) atoms. The van der Waals surface area contributed by atoms with E-state index in [0.717, 1.165) is 19.6 Å². The van der Waals surface area contributed by atoms with Crippen LogP contribution in [0.25, 0.3) is 5.65 Å². The van der Waals surface area contributed by atoms with Gasteiger partial charge in [-0.2, -0.15) is 9.29 Å². The number of pyridine rings is 3. The van der Waals surface area contributed by atoms with Crippen molar-refractivity contribution in [1.29, 1.82) is 0 Å². The fraction of sp³-hybridized carbons (Fsp3) is 0.541. The lowest BCUT2D eigenvalue weighted by Crippen LogP contribution is -2.38. The van der Waals surface area contributed by atoms with Crippen LogP contribution in [-0.2, 0) is 21.4 Å². The number of hydrogen-bond acceptors (Lipinski definition) is 10. The molecule has 1 atom stereocenters.